The van der Waals surface area contributed by atoms with Crippen LogP contribution in [0.4, 0.5) is 0 Å². The maximum Gasteiger partial charge on any atom is 0.0135 e. The molecule has 2 nitrogen and oxygen atoms in total. The molecule has 1 aliphatic carbocycles. The molecule has 0 heterocycles. The Morgan fingerprint density at radius 1 is 1.46 bits per heavy atom. The second-order valence-electron chi connectivity index (χ2n) is 4.42. The van der Waals surface area contributed by atoms with E-state index in [4.69, 9.17) is 5.73 Å². The Labute approximate surface area is 82.5 Å². The number of hydrogen-bond acceptors (Lipinski definition) is 2. The van der Waals surface area contributed by atoms with Crippen LogP contribution in [0, 0.1) is 5.92 Å². The van der Waals surface area contributed by atoms with Gasteiger partial charge in [-0.2, -0.15) is 0 Å². The summed E-state index contributed by atoms with van der Waals surface area (Å²) >= 11 is 0. The Balaban J connectivity index is 2.49. The van der Waals surface area contributed by atoms with Crippen LogP contribution in [0.3, 0.4) is 0 Å². The highest BCUT2D eigenvalue weighted by molar-refractivity contribution is 4.86. The summed E-state index contributed by atoms with van der Waals surface area (Å²) in [6.45, 7) is 5.44. The summed E-state index contributed by atoms with van der Waals surface area (Å²) in [7, 11) is 2.26. The smallest absolute Gasteiger partial charge is 0.0135 e. The highest BCUT2D eigenvalue weighted by atomic mass is 15.2. The molecule has 0 saturated heterocycles. The van der Waals surface area contributed by atoms with E-state index >= 15 is 0 Å². The highest BCUT2D eigenvalue weighted by Crippen LogP contribution is 2.29. The zero-order valence-corrected chi connectivity index (χ0v) is 9.29. The Kier molecular flexibility index (Phi) is 4.20. The van der Waals surface area contributed by atoms with Crippen molar-refractivity contribution in [3.05, 3.63) is 0 Å². The number of hydrogen-bond donors (Lipinski definition) is 1. The number of nitrogens with zero attached hydrogens (tertiary/aromatic N) is 1. The molecule has 1 aliphatic rings. The second kappa shape index (κ2) is 4.97. The molecule has 0 radical (unpaired) electrons. The van der Waals surface area contributed by atoms with Crippen LogP contribution in [0.15, 0.2) is 0 Å². The monoisotopic (exact) mass is 184 g/mol. The van der Waals surface area contributed by atoms with Crippen molar-refractivity contribution in [1.29, 1.82) is 0 Å². The van der Waals surface area contributed by atoms with E-state index in [0.717, 1.165) is 18.5 Å². The largest absolute Gasteiger partial charge is 0.330 e. The summed E-state index contributed by atoms with van der Waals surface area (Å²) in [5.74, 6) is 0.749. The van der Waals surface area contributed by atoms with Crippen molar-refractivity contribution in [3.8, 4) is 0 Å². The fourth-order valence-corrected chi connectivity index (χ4v) is 2.44. The minimum absolute atomic E-state index is 0.706. The molecule has 3 unspecified atom stereocenters. The van der Waals surface area contributed by atoms with Gasteiger partial charge in [-0.15, -0.1) is 0 Å². The molecule has 1 fully saturated rings. The maximum absolute atomic E-state index is 5.78. The van der Waals surface area contributed by atoms with Gasteiger partial charge in [-0.3, -0.25) is 0 Å². The number of nitrogens with two attached hydrogens (primary N) is 1. The molecule has 1 rings (SSSR count). The van der Waals surface area contributed by atoms with E-state index in [1.807, 2.05) is 0 Å². The van der Waals surface area contributed by atoms with Gasteiger partial charge in [0.05, 0.1) is 0 Å². The van der Waals surface area contributed by atoms with E-state index < -0.39 is 0 Å². The van der Waals surface area contributed by atoms with E-state index in [1.165, 1.54) is 25.7 Å². The fourth-order valence-electron chi connectivity index (χ4n) is 2.44. The Hall–Kier alpha value is -0.0800. The van der Waals surface area contributed by atoms with E-state index in [-0.39, 0.29) is 0 Å². The molecule has 1 saturated carbocycles. The van der Waals surface area contributed by atoms with E-state index in [1.54, 1.807) is 0 Å². The van der Waals surface area contributed by atoms with Gasteiger partial charge in [-0.1, -0.05) is 13.3 Å². The first-order valence-corrected chi connectivity index (χ1v) is 5.62. The van der Waals surface area contributed by atoms with Crippen molar-refractivity contribution >= 4 is 0 Å². The normalized spacial score (nSPS) is 31.2. The summed E-state index contributed by atoms with van der Waals surface area (Å²) in [5.41, 5.74) is 5.78. The Morgan fingerprint density at radius 3 is 2.69 bits per heavy atom. The lowest BCUT2D eigenvalue weighted by atomic mass is 10.0. The molecule has 2 heteroatoms. The van der Waals surface area contributed by atoms with Gasteiger partial charge in [0, 0.05) is 12.1 Å². The van der Waals surface area contributed by atoms with Gasteiger partial charge in [0.2, 0.25) is 0 Å². The van der Waals surface area contributed by atoms with Gasteiger partial charge in [-0.05, 0) is 45.7 Å². The Bertz CT molecular complexity index is 147. The van der Waals surface area contributed by atoms with Gasteiger partial charge < -0.3 is 10.6 Å². The lowest BCUT2D eigenvalue weighted by molar-refractivity contribution is 0.148. The van der Waals surface area contributed by atoms with E-state index in [2.05, 4.69) is 25.8 Å². The van der Waals surface area contributed by atoms with Crippen LogP contribution in [-0.2, 0) is 0 Å². The summed E-state index contributed by atoms with van der Waals surface area (Å²) in [5, 5.41) is 0. The van der Waals surface area contributed by atoms with Crippen molar-refractivity contribution in [2.24, 2.45) is 11.7 Å². The molecule has 0 bridgehead atoms. The van der Waals surface area contributed by atoms with Crippen LogP contribution >= 0.6 is 0 Å². The molecule has 3 atom stereocenters. The van der Waals surface area contributed by atoms with Crippen molar-refractivity contribution in [3.63, 3.8) is 0 Å². The summed E-state index contributed by atoms with van der Waals surface area (Å²) in [6, 6.07) is 1.46. The maximum atomic E-state index is 5.78. The van der Waals surface area contributed by atoms with Gasteiger partial charge >= 0.3 is 0 Å². The fraction of sp³-hybridized carbons (Fsp3) is 1.00. The lowest BCUT2D eigenvalue weighted by Crippen LogP contribution is -2.42. The van der Waals surface area contributed by atoms with Crippen LogP contribution in [0.5, 0.6) is 0 Å². The van der Waals surface area contributed by atoms with Crippen molar-refractivity contribution < 1.29 is 0 Å². The summed E-state index contributed by atoms with van der Waals surface area (Å²) in [6.07, 6.45) is 5.29. The predicted octanol–water partition coefficient (Wildman–Crippen LogP) is 1.84. The molecule has 2 N–H and O–H groups in total. The standard InChI is InChI=1S/C11H24N2/c1-4-9(2)13(3)11-7-5-6-10(11)8-12/h9-11H,4-8,12H2,1-3H3. The van der Waals surface area contributed by atoms with Gasteiger partial charge in [-0.25, -0.2) is 0 Å². The predicted molar refractivity (Wildman–Crippen MR) is 57.7 cm³/mol. The van der Waals surface area contributed by atoms with Crippen LogP contribution in [-0.4, -0.2) is 30.6 Å². The van der Waals surface area contributed by atoms with Crippen molar-refractivity contribution in [1.82, 2.24) is 4.90 Å². The Morgan fingerprint density at radius 2 is 2.15 bits per heavy atom. The zero-order valence-electron chi connectivity index (χ0n) is 9.29. The highest BCUT2D eigenvalue weighted by Gasteiger charge is 2.30. The third-order valence-electron chi connectivity index (χ3n) is 3.73. The first-order valence-electron chi connectivity index (χ1n) is 5.62. The van der Waals surface area contributed by atoms with Gasteiger partial charge in [0.1, 0.15) is 0 Å². The molecule has 0 amide bonds. The van der Waals surface area contributed by atoms with Crippen LogP contribution in [0.1, 0.15) is 39.5 Å². The summed E-state index contributed by atoms with van der Waals surface area (Å²) in [4.78, 5) is 2.53. The minimum Gasteiger partial charge on any atom is -0.330 e. The average molecular weight is 184 g/mol. The molecular formula is C11H24N2. The zero-order chi connectivity index (χ0) is 9.84. The quantitative estimate of drug-likeness (QED) is 0.722. The third-order valence-corrected chi connectivity index (χ3v) is 3.73. The van der Waals surface area contributed by atoms with Crippen molar-refractivity contribution in [2.75, 3.05) is 13.6 Å². The minimum atomic E-state index is 0.706. The first-order chi connectivity index (χ1) is 6.20. The topological polar surface area (TPSA) is 29.3 Å². The van der Waals surface area contributed by atoms with Crippen LogP contribution in [0.2, 0.25) is 0 Å². The van der Waals surface area contributed by atoms with Crippen LogP contribution < -0.4 is 5.73 Å². The van der Waals surface area contributed by atoms with Gasteiger partial charge in [0.25, 0.3) is 0 Å². The average Bonchev–Trinajstić information content (AvgIpc) is 2.62. The first kappa shape index (κ1) is 11.0. The molecule has 0 aliphatic heterocycles. The third kappa shape index (κ3) is 2.44. The van der Waals surface area contributed by atoms with E-state index in [0.29, 0.717) is 6.04 Å². The van der Waals surface area contributed by atoms with Gasteiger partial charge in [0.15, 0.2) is 0 Å². The molecule has 13 heavy (non-hydrogen) atoms. The van der Waals surface area contributed by atoms with Crippen LogP contribution in [0.25, 0.3) is 0 Å². The van der Waals surface area contributed by atoms with E-state index in [9.17, 15) is 0 Å². The SMILES string of the molecule is CCC(C)N(C)C1CCCC1CN. The van der Waals surface area contributed by atoms with Crippen molar-refractivity contribution in [2.45, 2.75) is 51.6 Å². The molecule has 0 aromatic rings. The lowest BCUT2D eigenvalue weighted by Gasteiger charge is -2.33. The molecular weight excluding hydrogens is 160 g/mol. The molecule has 0 aromatic heterocycles. The number of rotatable bonds is 4. The summed E-state index contributed by atoms with van der Waals surface area (Å²) < 4.78 is 0. The molecule has 0 aromatic carbocycles. The molecule has 0 spiro atoms. The second-order valence-corrected chi connectivity index (χ2v) is 4.42. The molecule has 78 valence electrons.